The fourth-order valence-electron chi connectivity index (χ4n) is 3.41. The van der Waals surface area contributed by atoms with Gasteiger partial charge in [0.25, 0.3) is 0 Å². The highest BCUT2D eigenvalue weighted by molar-refractivity contribution is 5.84. The van der Waals surface area contributed by atoms with Gasteiger partial charge in [0.1, 0.15) is 30.2 Å². The third-order valence-electron chi connectivity index (χ3n) is 5.04. The minimum Gasteiger partial charge on any atom is -0.469 e. The van der Waals surface area contributed by atoms with Crippen molar-refractivity contribution in [3.8, 4) is 0 Å². The number of aliphatic hydroxyl groups is 4. The minimum absolute atomic E-state index is 0.293. The van der Waals surface area contributed by atoms with Crippen LogP contribution in [0.5, 0.6) is 0 Å². The van der Waals surface area contributed by atoms with Crippen LogP contribution >= 0.6 is 0 Å². The van der Waals surface area contributed by atoms with Gasteiger partial charge in [0, 0.05) is 6.42 Å². The van der Waals surface area contributed by atoms with Crippen LogP contribution in [0.4, 0.5) is 0 Å². The van der Waals surface area contributed by atoms with Crippen molar-refractivity contribution in [3.63, 3.8) is 0 Å². The molecular weight excluding hydrogens is 366 g/mol. The number of furan rings is 1. The van der Waals surface area contributed by atoms with E-state index in [0.29, 0.717) is 12.2 Å². The summed E-state index contributed by atoms with van der Waals surface area (Å²) in [5, 5.41) is 41.9. The molecule has 8 heteroatoms. The molecule has 0 bridgehead atoms. The Labute approximate surface area is 162 Å². The maximum Gasteiger partial charge on any atom is 0.230 e. The maximum atomic E-state index is 13.1. The third kappa shape index (κ3) is 4.26. The molecule has 6 atom stereocenters. The van der Waals surface area contributed by atoms with Crippen LogP contribution in [-0.4, -0.2) is 63.6 Å². The van der Waals surface area contributed by atoms with E-state index in [9.17, 15) is 25.2 Å². The van der Waals surface area contributed by atoms with Gasteiger partial charge in [-0.15, -0.1) is 0 Å². The van der Waals surface area contributed by atoms with Crippen LogP contribution in [0.25, 0.3) is 0 Å². The molecule has 0 aliphatic carbocycles. The number of hydrogen-bond acceptors (Lipinski definition) is 7. The van der Waals surface area contributed by atoms with E-state index in [-0.39, 0.29) is 0 Å². The number of benzene rings is 1. The fraction of sp³-hybridized carbons (Fsp3) is 0.450. The Hall–Kier alpha value is -2.23. The fourth-order valence-corrected chi connectivity index (χ4v) is 3.41. The normalized spacial score (nSPS) is 28.7. The first-order chi connectivity index (χ1) is 13.4. The van der Waals surface area contributed by atoms with Crippen LogP contribution in [0.1, 0.15) is 22.8 Å². The van der Waals surface area contributed by atoms with Crippen LogP contribution in [0, 0.1) is 6.92 Å². The summed E-state index contributed by atoms with van der Waals surface area (Å²) in [7, 11) is 0. The van der Waals surface area contributed by atoms with Crippen molar-refractivity contribution in [2.45, 2.75) is 49.9 Å². The Kier molecular flexibility index (Phi) is 6.48. The topological polar surface area (TPSA) is 132 Å². The molecule has 0 unspecified atom stereocenters. The van der Waals surface area contributed by atoms with E-state index in [0.717, 1.165) is 11.1 Å². The quantitative estimate of drug-likeness (QED) is 0.462. The summed E-state index contributed by atoms with van der Waals surface area (Å²) in [6.45, 7) is 1.33. The van der Waals surface area contributed by atoms with Crippen molar-refractivity contribution in [2.24, 2.45) is 0 Å². The molecule has 152 valence electrons. The van der Waals surface area contributed by atoms with E-state index in [4.69, 9.17) is 9.15 Å². The lowest BCUT2D eigenvalue weighted by molar-refractivity contribution is -0.236. The van der Waals surface area contributed by atoms with Gasteiger partial charge in [0.15, 0.2) is 6.23 Å². The van der Waals surface area contributed by atoms with Gasteiger partial charge in [0.2, 0.25) is 5.91 Å². The average molecular weight is 391 g/mol. The van der Waals surface area contributed by atoms with E-state index < -0.39 is 49.1 Å². The number of amides is 1. The molecule has 1 fully saturated rings. The van der Waals surface area contributed by atoms with Gasteiger partial charge in [-0.1, -0.05) is 24.3 Å². The number of hydrogen-bond donors (Lipinski definition) is 5. The summed E-state index contributed by atoms with van der Waals surface area (Å²) in [5.74, 6) is -0.438. The second-order valence-electron chi connectivity index (χ2n) is 6.95. The highest BCUT2D eigenvalue weighted by Gasteiger charge is 2.44. The van der Waals surface area contributed by atoms with E-state index in [1.54, 1.807) is 12.1 Å². The molecule has 0 spiro atoms. The molecule has 1 saturated heterocycles. The first kappa shape index (κ1) is 20.5. The third-order valence-corrected chi connectivity index (χ3v) is 5.04. The second kappa shape index (κ2) is 8.85. The minimum atomic E-state index is -1.56. The lowest BCUT2D eigenvalue weighted by Gasteiger charge is -2.40. The summed E-state index contributed by atoms with van der Waals surface area (Å²) in [6, 6.07) is 10.9. The van der Waals surface area contributed by atoms with E-state index >= 15 is 0 Å². The SMILES string of the molecule is Cc1ccccc1[C@H](Cc1ccco1)C(=O)N[C@@H]1O[C@H](CO)[C@@H](O)[C@H](O)[C@H]1O. The van der Waals surface area contributed by atoms with Crippen LogP contribution in [0.2, 0.25) is 0 Å². The average Bonchev–Trinajstić information content (AvgIpc) is 3.20. The molecule has 2 aromatic rings. The van der Waals surface area contributed by atoms with Gasteiger partial charge >= 0.3 is 0 Å². The van der Waals surface area contributed by atoms with E-state index in [1.165, 1.54) is 6.26 Å². The van der Waals surface area contributed by atoms with Gasteiger partial charge in [-0.05, 0) is 30.2 Å². The van der Waals surface area contributed by atoms with Crippen molar-refractivity contribution >= 4 is 5.91 Å². The predicted octanol–water partition coefficient (Wildman–Crippen LogP) is -0.170. The lowest BCUT2D eigenvalue weighted by Crippen LogP contribution is -2.63. The molecule has 3 rings (SSSR count). The Morgan fingerprint density at radius 3 is 2.50 bits per heavy atom. The zero-order valence-corrected chi connectivity index (χ0v) is 15.4. The molecule has 28 heavy (non-hydrogen) atoms. The molecule has 1 aliphatic rings. The summed E-state index contributed by atoms with van der Waals surface area (Å²) in [6.07, 6.45) is -5.12. The van der Waals surface area contributed by atoms with E-state index in [2.05, 4.69) is 5.32 Å². The molecule has 0 saturated carbocycles. The Balaban J connectivity index is 1.82. The highest BCUT2D eigenvalue weighted by Crippen LogP contribution is 2.26. The number of aliphatic hydroxyl groups excluding tert-OH is 4. The number of rotatable bonds is 6. The summed E-state index contributed by atoms with van der Waals surface area (Å²) in [5.41, 5.74) is 1.71. The van der Waals surface area contributed by atoms with Gasteiger partial charge in [-0.2, -0.15) is 0 Å². The highest BCUT2D eigenvalue weighted by atomic mass is 16.6. The number of nitrogens with one attached hydrogen (secondary N) is 1. The van der Waals surface area contributed by atoms with Crippen molar-refractivity contribution in [3.05, 3.63) is 59.5 Å². The van der Waals surface area contributed by atoms with Crippen molar-refractivity contribution < 1.29 is 34.4 Å². The van der Waals surface area contributed by atoms with Crippen molar-refractivity contribution in [1.82, 2.24) is 5.32 Å². The molecule has 0 radical (unpaired) electrons. The second-order valence-corrected chi connectivity index (χ2v) is 6.95. The van der Waals surface area contributed by atoms with Crippen LogP contribution in [0.15, 0.2) is 47.1 Å². The van der Waals surface area contributed by atoms with Crippen LogP contribution in [-0.2, 0) is 16.0 Å². The number of carbonyl (C=O) groups is 1. The summed E-state index contributed by atoms with van der Waals surface area (Å²) in [4.78, 5) is 13.1. The zero-order valence-electron chi connectivity index (χ0n) is 15.4. The van der Waals surface area contributed by atoms with Crippen LogP contribution in [0.3, 0.4) is 0 Å². The summed E-state index contributed by atoms with van der Waals surface area (Å²) >= 11 is 0. The van der Waals surface area contributed by atoms with Crippen molar-refractivity contribution in [2.75, 3.05) is 6.61 Å². The smallest absolute Gasteiger partial charge is 0.230 e. The Morgan fingerprint density at radius 2 is 1.86 bits per heavy atom. The Bertz CT molecular complexity index is 777. The first-order valence-corrected chi connectivity index (χ1v) is 9.11. The predicted molar refractivity (Wildman–Crippen MR) is 98.2 cm³/mol. The van der Waals surface area contributed by atoms with Crippen LogP contribution < -0.4 is 5.32 Å². The van der Waals surface area contributed by atoms with Gasteiger partial charge < -0.3 is 34.9 Å². The molecule has 1 aliphatic heterocycles. The number of carbonyl (C=O) groups excluding carboxylic acids is 1. The zero-order chi connectivity index (χ0) is 20.3. The molecule has 1 aromatic heterocycles. The van der Waals surface area contributed by atoms with Gasteiger partial charge in [0.05, 0.1) is 18.8 Å². The van der Waals surface area contributed by atoms with Gasteiger partial charge in [-0.25, -0.2) is 0 Å². The monoisotopic (exact) mass is 391 g/mol. The van der Waals surface area contributed by atoms with E-state index in [1.807, 2.05) is 31.2 Å². The molecule has 8 nitrogen and oxygen atoms in total. The molecule has 1 aromatic carbocycles. The largest absolute Gasteiger partial charge is 0.469 e. The summed E-state index contributed by atoms with van der Waals surface area (Å²) < 4.78 is 10.8. The molecule has 2 heterocycles. The number of aryl methyl sites for hydroxylation is 1. The Morgan fingerprint density at radius 1 is 1.11 bits per heavy atom. The number of ether oxygens (including phenoxy) is 1. The maximum absolute atomic E-state index is 13.1. The molecule has 5 N–H and O–H groups in total. The van der Waals surface area contributed by atoms with Gasteiger partial charge in [-0.3, -0.25) is 4.79 Å². The molecule has 1 amide bonds. The molecular formula is C20H25NO7. The first-order valence-electron chi connectivity index (χ1n) is 9.11. The van der Waals surface area contributed by atoms with Crippen molar-refractivity contribution in [1.29, 1.82) is 0 Å². The lowest BCUT2D eigenvalue weighted by atomic mass is 9.90. The standard InChI is InChI=1S/C20H25NO7/c1-11-5-2-3-7-13(11)14(9-12-6-4-8-27-12)19(26)21-20-18(25)17(24)16(23)15(10-22)28-20/h2-8,14-18,20,22-25H,9-10H2,1H3,(H,21,26)/t14-,15+,16+,17-,18+,20+/m0/s1.